The molecule has 1 rings (SSSR count). The average molecular weight is 281 g/mol. The second-order valence-electron chi connectivity index (χ2n) is 2.56. The largest absolute Gasteiger partial charge is 0.468 e. The van der Waals surface area contributed by atoms with Gasteiger partial charge in [0.25, 0.3) is 0 Å². The number of nitrogens with two attached hydrogens (primary N) is 1. The van der Waals surface area contributed by atoms with Gasteiger partial charge in [-0.1, -0.05) is 28.1 Å². The summed E-state index contributed by atoms with van der Waals surface area (Å²) < 4.78 is 5.42. The van der Waals surface area contributed by atoms with Gasteiger partial charge in [0, 0.05) is 4.47 Å². The number of esters is 1. The van der Waals surface area contributed by atoms with Crippen molar-refractivity contribution in [1.29, 1.82) is 0 Å². The Hall–Kier alpha value is -0.580. The molecule has 1 aromatic rings. The summed E-state index contributed by atoms with van der Waals surface area (Å²) in [5.74, 6) is -0.432. The van der Waals surface area contributed by atoms with Crippen molar-refractivity contribution in [3.05, 3.63) is 34.3 Å². The minimum atomic E-state index is -0.706. The minimum Gasteiger partial charge on any atom is -0.468 e. The van der Waals surface area contributed by atoms with E-state index in [1.807, 2.05) is 12.1 Å². The van der Waals surface area contributed by atoms with Gasteiger partial charge in [-0.2, -0.15) is 0 Å². The van der Waals surface area contributed by atoms with Crippen LogP contribution in [0.2, 0.25) is 0 Å². The molecular formula is C9H11BrClNO2. The third-order valence-corrected chi connectivity index (χ3v) is 2.16. The summed E-state index contributed by atoms with van der Waals surface area (Å²) in [6.07, 6.45) is 0. The van der Waals surface area contributed by atoms with Crippen molar-refractivity contribution in [3.8, 4) is 0 Å². The van der Waals surface area contributed by atoms with Crippen LogP contribution in [0.5, 0.6) is 0 Å². The zero-order valence-corrected chi connectivity index (χ0v) is 9.97. The minimum absolute atomic E-state index is 0. The highest BCUT2D eigenvalue weighted by Gasteiger charge is 2.15. The summed E-state index contributed by atoms with van der Waals surface area (Å²) >= 11 is 3.29. The number of hydrogen-bond acceptors (Lipinski definition) is 3. The first-order valence-corrected chi connectivity index (χ1v) is 4.53. The highest BCUT2D eigenvalue weighted by Crippen LogP contribution is 2.17. The van der Waals surface area contributed by atoms with Gasteiger partial charge in [-0.05, 0) is 17.7 Å². The van der Waals surface area contributed by atoms with Crippen molar-refractivity contribution >= 4 is 34.3 Å². The summed E-state index contributed by atoms with van der Waals surface area (Å²) in [5, 5.41) is 0. The van der Waals surface area contributed by atoms with Crippen LogP contribution in [0.3, 0.4) is 0 Å². The van der Waals surface area contributed by atoms with Gasteiger partial charge in [-0.3, -0.25) is 4.79 Å². The summed E-state index contributed by atoms with van der Waals surface area (Å²) in [4.78, 5) is 11.1. The number of rotatable bonds is 2. The van der Waals surface area contributed by atoms with Crippen molar-refractivity contribution in [2.75, 3.05) is 7.11 Å². The molecule has 78 valence electrons. The number of hydrogen-bond donors (Lipinski definition) is 1. The van der Waals surface area contributed by atoms with Crippen molar-refractivity contribution in [2.45, 2.75) is 6.04 Å². The number of halogens is 2. The van der Waals surface area contributed by atoms with Crippen molar-refractivity contribution in [3.63, 3.8) is 0 Å². The Bertz CT molecular complexity index is 319. The van der Waals surface area contributed by atoms with E-state index in [1.165, 1.54) is 7.11 Å². The molecule has 0 aliphatic rings. The topological polar surface area (TPSA) is 52.3 Å². The third kappa shape index (κ3) is 3.29. The second-order valence-corrected chi connectivity index (χ2v) is 3.47. The van der Waals surface area contributed by atoms with Crippen LogP contribution < -0.4 is 5.73 Å². The van der Waals surface area contributed by atoms with Gasteiger partial charge < -0.3 is 10.5 Å². The van der Waals surface area contributed by atoms with Gasteiger partial charge in [-0.25, -0.2) is 0 Å². The predicted octanol–water partition coefficient (Wildman–Crippen LogP) is 2.04. The smallest absolute Gasteiger partial charge is 0.327 e. The molecule has 1 unspecified atom stereocenters. The van der Waals surface area contributed by atoms with Crippen LogP contribution in [0.1, 0.15) is 11.6 Å². The van der Waals surface area contributed by atoms with E-state index in [9.17, 15) is 4.79 Å². The Morgan fingerprint density at radius 3 is 2.71 bits per heavy atom. The molecule has 0 spiro atoms. The molecule has 0 aliphatic heterocycles. The van der Waals surface area contributed by atoms with Crippen LogP contribution in [0.25, 0.3) is 0 Å². The van der Waals surface area contributed by atoms with E-state index >= 15 is 0 Å². The summed E-state index contributed by atoms with van der Waals surface area (Å²) in [6.45, 7) is 0. The number of ether oxygens (including phenoxy) is 1. The zero-order chi connectivity index (χ0) is 9.84. The average Bonchev–Trinajstić information content (AvgIpc) is 2.15. The van der Waals surface area contributed by atoms with Crippen molar-refractivity contribution in [2.24, 2.45) is 5.73 Å². The van der Waals surface area contributed by atoms with Crippen molar-refractivity contribution < 1.29 is 9.53 Å². The first-order valence-electron chi connectivity index (χ1n) is 3.74. The molecule has 0 amide bonds. The maximum atomic E-state index is 11.1. The molecule has 0 fully saturated rings. The Morgan fingerprint density at radius 1 is 1.57 bits per heavy atom. The number of benzene rings is 1. The Balaban J connectivity index is 0.00000169. The van der Waals surface area contributed by atoms with Crippen LogP contribution >= 0.6 is 28.3 Å². The quantitative estimate of drug-likeness (QED) is 0.844. The summed E-state index contributed by atoms with van der Waals surface area (Å²) in [7, 11) is 1.32. The molecule has 0 aromatic heterocycles. The summed E-state index contributed by atoms with van der Waals surface area (Å²) in [5.41, 5.74) is 6.36. The molecule has 14 heavy (non-hydrogen) atoms. The molecule has 1 atom stereocenters. The molecule has 0 aliphatic carbocycles. The van der Waals surface area contributed by atoms with Gasteiger partial charge in [0.05, 0.1) is 7.11 Å². The number of carbonyl (C=O) groups excluding carboxylic acids is 1. The first kappa shape index (κ1) is 13.4. The van der Waals surface area contributed by atoms with Gasteiger partial charge in [0.2, 0.25) is 0 Å². The lowest BCUT2D eigenvalue weighted by Crippen LogP contribution is -2.22. The predicted molar refractivity (Wildman–Crippen MR) is 60.3 cm³/mol. The molecular weight excluding hydrogens is 269 g/mol. The van der Waals surface area contributed by atoms with Crippen LogP contribution in [-0.4, -0.2) is 13.1 Å². The standard InChI is InChI=1S/C9H10BrNO2.ClH/c1-13-9(12)8(11)6-3-2-4-7(10)5-6;/h2-5,8H,11H2,1H3;1H. The fourth-order valence-electron chi connectivity index (χ4n) is 0.963. The Kier molecular flexibility index (Phi) is 5.76. The Labute approximate surface area is 97.2 Å². The molecule has 2 N–H and O–H groups in total. The van der Waals surface area contributed by atoms with E-state index in [0.717, 1.165) is 10.0 Å². The van der Waals surface area contributed by atoms with Crippen molar-refractivity contribution in [1.82, 2.24) is 0 Å². The maximum absolute atomic E-state index is 11.1. The lowest BCUT2D eigenvalue weighted by molar-refractivity contribution is -0.142. The highest BCUT2D eigenvalue weighted by molar-refractivity contribution is 9.10. The highest BCUT2D eigenvalue weighted by atomic mass is 79.9. The molecule has 0 radical (unpaired) electrons. The lowest BCUT2D eigenvalue weighted by atomic mass is 10.1. The van der Waals surface area contributed by atoms with Gasteiger partial charge in [0.15, 0.2) is 0 Å². The number of methoxy groups -OCH3 is 1. The van der Waals surface area contributed by atoms with E-state index in [2.05, 4.69) is 20.7 Å². The lowest BCUT2D eigenvalue weighted by Gasteiger charge is -2.09. The van der Waals surface area contributed by atoms with Gasteiger partial charge in [0.1, 0.15) is 6.04 Å². The van der Waals surface area contributed by atoms with Gasteiger partial charge >= 0.3 is 5.97 Å². The van der Waals surface area contributed by atoms with Crippen LogP contribution in [0.15, 0.2) is 28.7 Å². The zero-order valence-electron chi connectivity index (χ0n) is 7.57. The molecule has 0 bridgehead atoms. The third-order valence-electron chi connectivity index (χ3n) is 1.66. The monoisotopic (exact) mass is 279 g/mol. The Morgan fingerprint density at radius 2 is 2.21 bits per heavy atom. The fourth-order valence-corrected chi connectivity index (χ4v) is 1.38. The van der Waals surface area contributed by atoms with Crippen LogP contribution in [0.4, 0.5) is 0 Å². The molecule has 5 heteroatoms. The molecule has 0 saturated carbocycles. The van der Waals surface area contributed by atoms with Gasteiger partial charge in [-0.15, -0.1) is 12.4 Å². The van der Waals surface area contributed by atoms with E-state index in [-0.39, 0.29) is 12.4 Å². The second kappa shape index (κ2) is 6.01. The SMILES string of the molecule is COC(=O)C(N)c1cccc(Br)c1.Cl. The normalized spacial score (nSPS) is 11.4. The fraction of sp³-hybridized carbons (Fsp3) is 0.222. The van der Waals surface area contributed by atoms with Crippen LogP contribution in [-0.2, 0) is 9.53 Å². The molecule has 1 aromatic carbocycles. The van der Waals surface area contributed by atoms with E-state index in [0.29, 0.717) is 0 Å². The van der Waals surface area contributed by atoms with E-state index in [4.69, 9.17) is 5.73 Å². The molecule has 0 heterocycles. The van der Waals surface area contributed by atoms with E-state index in [1.54, 1.807) is 12.1 Å². The van der Waals surface area contributed by atoms with Crippen LogP contribution in [0, 0.1) is 0 Å². The molecule has 0 saturated heterocycles. The van der Waals surface area contributed by atoms with E-state index < -0.39 is 12.0 Å². The first-order chi connectivity index (χ1) is 6.15. The molecule has 3 nitrogen and oxygen atoms in total. The summed E-state index contributed by atoms with van der Waals surface area (Å²) in [6, 6.07) is 6.56. The number of carbonyl (C=O) groups is 1. The maximum Gasteiger partial charge on any atom is 0.327 e.